The first-order valence-electron chi connectivity index (χ1n) is 9.05. The molecule has 2 N–H and O–H groups in total. The number of carboxylic acids is 1. The molecule has 0 aromatic rings. The molecule has 0 spiro atoms. The minimum absolute atomic E-state index is 0.0161. The number of hydrogen-bond donors (Lipinski definition) is 2. The van der Waals surface area contributed by atoms with Crippen molar-refractivity contribution in [2.45, 2.75) is 48.6 Å². The molecule has 0 bridgehead atoms. The number of likely N-dealkylation sites (N-methyl/N-ethyl adjacent to an activating group) is 1. The summed E-state index contributed by atoms with van der Waals surface area (Å²) in [6.07, 6.45) is -10.5. The maximum atomic E-state index is 13.7. The number of sulfonamides is 1. The van der Waals surface area contributed by atoms with Crippen molar-refractivity contribution in [2.24, 2.45) is 0 Å². The van der Waals surface area contributed by atoms with Crippen molar-refractivity contribution in [3.63, 3.8) is 0 Å². The lowest BCUT2D eigenvalue weighted by molar-refractivity contribution is -0.883. The van der Waals surface area contributed by atoms with Crippen LogP contribution in [0.1, 0.15) is 12.8 Å². The monoisotopic (exact) mass is 574 g/mol. The van der Waals surface area contributed by atoms with Crippen LogP contribution in [0.4, 0.5) is 57.1 Å². The van der Waals surface area contributed by atoms with Gasteiger partial charge in [0.05, 0.1) is 26.4 Å². The first kappa shape index (κ1) is 33.4. The second-order valence-corrected chi connectivity index (χ2v) is 9.95. The largest absolute Gasteiger partial charge is 0.477 e. The van der Waals surface area contributed by atoms with Gasteiger partial charge in [-0.05, 0) is 0 Å². The molecule has 0 unspecified atom stereocenters. The van der Waals surface area contributed by atoms with E-state index in [1.165, 1.54) is 14.1 Å². The van der Waals surface area contributed by atoms with Crippen LogP contribution in [-0.4, -0.2) is 99.2 Å². The van der Waals surface area contributed by atoms with E-state index in [1.807, 2.05) is 0 Å². The maximum Gasteiger partial charge on any atom is 0.460 e. The maximum absolute atomic E-state index is 13.7. The number of carbonyl (C=O) groups is 1. The van der Waals surface area contributed by atoms with E-state index in [4.69, 9.17) is 5.11 Å². The van der Waals surface area contributed by atoms with Crippen LogP contribution in [0.25, 0.3) is 0 Å². The molecule has 0 aliphatic rings. The van der Waals surface area contributed by atoms with E-state index in [9.17, 15) is 70.3 Å². The van der Waals surface area contributed by atoms with E-state index in [1.54, 1.807) is 4.72 Å². The smallest absolute Gasteiger partial charge is 0.460 e. The summed E-state index contributed by atoms with van der Waals surface area (Å²) in [4.78, 5) is 10.6. The normalized spacial score (nSPS) is 15.4. The molecule has 0 radical (unpaired) electrons. The van der Waals surface area contributed by atoms with Gasteiger partial charge in [0.2, 0.25) is 10.0 Å². The second-order valence-electron chi connectivity index (χ2n) is 8.03. The summed E-state index contributed by atoms with van der Waals surface area (Å²) < 4.78 is 194. The van der Waals surface area contributed by atoms with Gasteiger partial charge in [0.25, 0.3) is 0 Å². The van der Waals surface area contributed by atoms with Crippen molar-refractivity contribution in [3.05, 3.63) is 0 Å². The van der Waals surface area contributed by atoms with Gasteiger partial charge in [0, 0.05) is 19.4 Å². The van der Waals surface area contributed by atoms with Crippen LogP contribution < -0.4 is 4.72 Å². The lowest BCUT2D eigenvalue weighted by atomic mass is 9.93. The number of alkyl halides is 13. The molecular weight excluding hydrogens is 554 g/mol. The quantitative estimate of drug-likeness (QED) is 0.144. The highest BCUT2D eigenvalue weighted by Gasteiger charge is 2.90. The molecule has 0 fully saturated rings. The number of hydrogen-bond acceptors (Lipinski definition) is 3. The Morgan fingerprint density at radius 1 is 0.800 bits per heavy atom. The van der Waals surface area contributed by atoms with Gasteiger partial charge in [0.1, 0.15) is 0 Å². The van der Waals surface area contributed by atoms with Crippen LogP contribution in [0.15, 0.2) is 0 Å². The Balaban J connectivity index is 5.46. The summed E-state index contributed by atoms with van der Waals surface area (Å²) in [5.41, 5.74) is 0. The number of carboxylic acid groups (broad SMARTS) is 1. The van der Waals surface area contributed by atoms with Crippen molar-refractivity contribution in [2.75, 3.05) is 39.5 Å². The number of quaternary nitrogens is 1. The molecule has 0 rings (SSSR count). The zero-order chi connectivity index (χ0) is 28.5. The fraction of sp³-hybridized carbons (Fsp3) is 0.933. The summed E-state index contributed by atoms with van der Waals surface area (Å²) in [7, 11) is -2.18. The molecule has 0 atom stereocenters. The molecule has 20 heteroatoms. The summed E-state index contributed by atoms with van der Waals surface area (Å²) in [6.45, 7) is -1.03. The fourth-order valence-electron chi connectivity index (χ4n) is 2.47. The standard InChI is InChI=1S/C15H19F13N2O4S/c1-30(2,8-9(31)32)6-3-5-29-35(33,34)7-4-10(16,17)11(18,19)12(20,21)13(22,23)14(24,25)15(26,27)28/h29H,3-8H2,1-2H3/p+1/i1+1,2+1,8+1. The predicted octanol–water partition coefficient (Wildman–Crippen LogP) is 3.59. The van der Waals surface area contributed by atoms with E-state index in [0.29, 0.717) is 0 Å². The van der Waals surface area contributed by atoms with Crippen molar-refractivity contribution in [3.8, 4) is 0 Å². The average Bonchev–Trinajstić information content (AvgIpc) is 2.61. The van der Waals surface area contributed by atoms with E-state index < -0.39 is 77.0 Å². The molecule has 0 saturated carbocycles. The second kappa shape index (κ2) is 10.1. The Morgan fingerprint density at radius 2 is 1.23 bits per heavy atom. The van der Waals surface area contributed by atoms with Crippen molar-refractivity contribution in [1.29, 1.82) is 0 Å². The van der Waals surface area contributed by atoms with Gasteiger partial charge in [0.15, 0.2) is 6.54 Å². The van der Waals surface area contributed by atoms with Gasteiger partial charge in [-0.25, -0.2) is 17.9 Å². The molecule has 6 nitrogen and oxygen atoms in total. The Morgan fingerprint density at radius 3 is 1.63 bits per heavy atom. The van der Waals surface area contributed by atoms with E-state index >= 15 is 0 Å². The zero-order valence-electron chi connectivity index (χ0n) is 17.7. The lowest BCUT2D eigenvalue weighted by Gasteiger charge is -2.39. The molecule has 0 aliphatic carbocycles. The molecule has 0 saturated heterocycles. The third-order valence-corrected chi connectivity index (χ3v) is 5.89. The van der Waals surface area contributed by atoms with Gasteiger partial charge in [-0.1, -0.05) is 0 Å². The van der Waals surface area contributed by atoms with Crippen LogP contribution in [0.3, 0.4) is 0 Å². The van der Waals surface area contributed by atoms with E-state index in [0.717, 1.165) is 0 Å². The van der Waals surface area contributed by atoms with E-state index in [-0.39, 0.29) is 17.4 Å². The first-order valence-corrected chi connectivity index (χ1v) is 10.7. The molecule has 0 aliphatic heterocycles. The van der Waals surface area contributed by atoms with Gasteiger partial charge >= 0.3 is 41.8 Å². The molecular formula is C15H20F13N2O4S+. The minimum Gasteiger partial charge on any atom is -0.477 e. The number of rotatable bonds is 14. The minimum atomic E-state index is -8.05. The fourth-order valence-corrected chi connectivity index (χ4v) is 3.60. The highest BCUT2D eigenvalue weighted by atomic mass is 32.2. The van der Waals surface area contributed by atoms with Crippen molar-refractivity contribution < 1.29 is 79.9 Å². The molecule has 0 amide bonds. The highest BCUT2D eigenvalue weighted by Crippen LogP contribution is 2.60. The van der Waals surface area contributed by atoms with Gasteiger partial charge in [-0.3, -0.25) is 0 Å². The van der Waals surface area contributed by atoms with E-state index in [2.05, 4.69) is 0 Å². The van der Waals surface area contributed by atoms with Crippen LogP contribution in [0, 0.1) is 0 Å². The van der Waals surface area contributed by atoms with Gasteiger partial charge in [-0.15, -0.1) is 0 Å². The van der Waals surface area contributed by atoms with Crippen LogP contribution in [0.2, 0.25) is 0 Å². The van der Waals surface area contributed by atoms with Gasteiger partial charge in [-0.2, -0.15) is 57.1 Å². The Hall–Kier alpha value is -1.57. The average molecular weight is 574 g/mol. The van der Waals surface area contributed by atoms with Crippen molar-refractivity contribution in [1.82, 2.24) is 4.72 Å². The Kier molecular flexibility index (Phi) is 9.61. The number of halogens is 13. The molecule has 210 valence electrons. The van der Waals surface area contributed by atoms with Crippen LogP contribution >= 0.6 is 0 Å². The number of aliphatic carboxylic acids is 1. The summed E-state index contributed by atoms with van der Waals surface area (Å²) in [5, 5.41) is 8.68. The number of nitrogens with zero attached hydrogens (tertiary/aromatic N) is 1. The third kappa shape index (κ3) is 7.23. The SMILES string of the molecule is [13CH3][N+]([13CH3])(CCCNS(=O)(=O)CCC(F)(F)C(F)(F)C(F)(F)C(F)(F)C(F)(F)C(F)(F)F)[13CH2]C(=O)O. The van der Waals surface area contributed by atoms with Crippen LogP contribution in [0.5, 0.6) is 0 Å². The van der Waals surface area contributed by atoms with Gasteiger partial charge < -0.3 is 9.59 Å². The lowest BCUT2D eigenvalue weighted by Crippen LogP contribution is -2.70. The summed E-state index contributed by atoms with van der Waals surface area (Å²) in [6, 6.07) is 0. The van der Waals surface area contributed by atoms with Crippen LogP contribution in [-0.2, 0) is 14.8 Å². The molecule has 0 heterocycles. The van der Waals surface area contributed by atoms with Crippen molar-refractivity contribution >= 4 is 16.0 Å². The topological polar surface area (TPSA) is 83.5 Å². The molecule has 0 aromatic carbocycles. The number of nitrogens with one attached hydrogen (secondary N) is 1. The zero-order valence-corrected chi connectivity index (χ0v) is 18.5. The molecule has 35 heavy (non-hydrogen) atoms. The summed E-state index contributed by atoms with van der Waals surface area (Å²) >= 11 is 0. The highest BCUT2D eigenvalue weighted by molar-refractivity contribution is 7.89. The third-order valence-electron chi connectivity index (χ3n) is 4.51. The Bertz CT molecular complexity index is 857. The summed E-state index contributed by atoms with van der Waals surface area (Å²) in [5.74, 6) is -41.3. The molecule has 0 aromatic heterocycles. The Labute approximate surface area is 189 Å². The predicted molar refractivity (Wildman–Crippen MR) is 91.3 cm³/mol. The first-order chi connectivity index (χ1) is 15.1.